The van der Waals surface area contributed by atoms with E-state index in [2.05, 4.69) is 15.2 Å². The fourth-order valence-corrected chi connectivity index (χ4v) is 3.80. The molecular weight excluding hydrogens is 322 g/mol. The van der Waals surface area contributed by atoms with Gasteiger partial charge in [-0.3, -0.25) is 10.2 Å². The second-order valence-electron chi connectivity index (χ2n) is 4.98. The number of rotatable bonds is 5. The van der Waals surface area contributed by atoms with Crippen LogP contribution in [0.2, 0.25) is 0 Å². The fraction of sp³-hybridized carbons (Fsp3) is 0.286. The Labute approximate surface area is 133 Å². The molecule has 0 aliphatic rings. The van der Waals surface area contributed by atoms with Gasteiger partial charge in [-0.1, -0.05) is 12.1 Å². The molecule has 1 aromatic heterocycles. The first kappa shape index (κ1) is 16.6. The van der Waals surface area contributed by atoms with Gasteiger partial charge in [0.25, 0.3) is 10.0 Å². The van der Waals surface area contributed by atoms with Gasteiger partial charge in [0.2, 0.25) is 5.91 Å². The molecule has 0 spiro atoms. The molecule has 1 aromatic carbocycles. The summed E-state index contributed by atoms with van der Waals surface area (Å²) in [6.45, 7) is 5.34. The molecule has 0 fully saturated rings. The van der Waals surface area contributed by atoms with E-state index in [4.69, 9.17) is 0 Å². The summed E-state index contributed by atoms with van der Waals surface area (Å²) >= 11 is 1.36. The lowest BCUT2D eigenvalue weighted by Crippen LogP contribution is -2.42. The van der Waals surface area contributed by atoms with Crippen molar-refractivity contribution in [2.24, 2.45) is 0 Å². The molecule has 0 unspecified atom stereocenters. The highest BCUT2D eigenvalue weighted by Crippen LogP contribution is 2.16. The van der Waals surface area contributed by atoms with Gasteiger partial charge in [0.1, 0.15) is 5.01 Å². The van der Waals surface area contributed by atoms with Gasteiger partial charge in [-0.15, -0.1) is 16.2 Å². The lowest BCUT2D eigenvalue weighted by molar-refractivity contribution is -0.120. The van der Waals surface area contributed by atoms with Crippen LogP contribution in [-0.2, 0) is 21.2 Å². The van der Waals surface area contributed by atoms with Crippen molar-refractivity contribution in [1.82, 2.24) is 15.2 Å². The van der Waals surface area contributed by atoms with Crippen LogP contribution in [-0.4, -0.2) is 19.3 Å². The quantitative estimate of drug-likeness (QED) is 0.810. The van der Waals surface area contributed by atoms with Crippen molar-refractivity contribution in [1.29, 1.82) is 0 Å². The Bertz CT molecular complexity index is 797. The first-order chi connectivity index (χ1) is 10.3. The summed E-state index contributed by atoms with van der Waals surface area (Å²) < 4.78 is 24.5. The van der Waals surface area contributed by atoms with Crippen LogP contribution in [0, 0.1) is 20.8 Å². The molecule has 0 saturated heterocycles. The van der Waals surface area contributed by atoms with Crippen molar-refractivity contribution in [3.05, 3.63) is 45.4 Å². The monoisotopic (exact) mass is 339 g/mol. The number of carbonyl (C=O) groups is 1. The van der Waals surface area contributed by atoms with E-state index in [0.29, 0.717) is 10.6 Å². The number of aryl methyl sites for hydroxylation is 3. The Morgan fingerprint density at radius 1 is 1.27 bits per heavy atom. The van der Waals surface area contributed by atoms with E-state index < -0.39 is 15.9 Å². The molecular formula is C14H17N3O3S2. The minimum Gasteiger partial charge on any atom is -0.277 e. The van der Waals surface area contributed by atoms with Crippen molar-refractivity contribution < 1.29 is 13.2 Å². The number of nitrogens with one attached hydrogen (secondary N) is 2. The molecule has 8 heteroatoms. The highest BCUT2D eigenvalue weighted by atomic mass is 32.2. The Morgan fingerprint density at radius 2 is 2.00 bits per heavy atom. The minimum absolute atomic E-state index is 0.0355. The number of thiazole rings is 1. The highest BCUT2D eigenvalue weighted by Gasteiger charge is 2.18. The molecule has 1 heterocycles. The maximum atomic E-state index is 12.2. The summed E-state index contributed by atoms with van der Waals surface area (Å²) in [5.41, 5.74) is 4.50. The predicted octanol–water partition coefficient (Wildman–Crippen LogP) is 1.62. The first-order valence-corrected chi connectivity index (χ1v) is 8.93. The Balaban J connectivity index is 2.03. The molecule has 2 aromatic rings. The van der Waals surface area contributed by atoms with Crippen molar-refractivity contribution >= 4 is 27.3 Å². The van der Waals surface area contributed by atoms with Crippen LogP contribution >= 0.6 is 11.3 Å². The van der Waals surface area contributed by atoms with E-state index in [1.54, 1.807) is 19.1 Å². The van der Waals surface area contributed by atoms with Crippen LogP contribution in [0.5, 0.6) is 0 Å². The van der Waals surface area contributed by atoms with Crippen LogP contribution in [0.1, 0.15) is 21.8 Å². The van der Waals surface area contributed by atoms with Crippen molar-refractivity contribution in [2.45, 2.75) is 32.1 Å². The molecule has 0 bridgehead atoms. The average molecular weight is 339 g/mol. The molecule has 22 heavy (non-hydrogen) atoms. The Kier molecular flexibility index (Phi) is 4.94. The van der Waals surface area contributed by atoms with E-state index in [1.165, 1.54) is 11.3 Å². The van der Waals surface area contributed by atoms with E-state index in [-0.39, 0.29) is 11.3 Å². The van der Waals surface area contributed by atoms with E-state index in [0.717, 1.165) is 11.3 Å². The number of sulfonamides is 1. The normalized spacial score (nSPS) is 11.4. The smallest absolute Gasteiger partial charge is 0.257 e. The van der Waals surface area contributed by atoms with Gasteiger partial charge in [0.05, 0.1) is 11.3 Å². The van der Waals surface area contributed by atoms with Crippen LogP contribution in [0.4, 0.5) is 0 Å². The van der Waals surface area contributed by atoms with Crippen LogP contribution < -0.4 is 10.3 Å². The molecule has 2 rings (SSSR count). The number of benzene rings is 1. The number of nitrogens with zero attached hydrogens (tertiary/aromatic N) is 1. The third kappa shape index (κ3) is 4.12. The molecule has 2 N–H and O–H groups in total. The van der Waals surface area contributed by atoms with Crippen LogP contribution in [0.25, 0.3) is 0 Å². The second kappa shape index (κ2) is 6.55. The van der Waals surface area contributed by atoms with Gasteiger partial charge in [-0.05, 0) is 38.0 Å². The Morgan fingerprint density at radius 3 is 2.64 bits per heavy atom. The average Bonchev–Trinajstić information content (AvgIpc) is 2.84. The van der Waals surface area contributed by atoms with Crippen molar-refractivity contribution in [2.75, 3.05) is 0 Å². The molecule has 0 aliphatic carbocycles. The minimum atomic E-state index is -3.79. The summed E-state index contributed by atoms with van der Waals surface area (Å²) in [4.78, 5) is 18.2. The van der Waals surface area contributed by atoms with Crippen molar-refractivity contribution in [3.8, 4) is 0 Å². The van der Waals surface area contributed by atoms with Crippen LogP contribution in [0.15, 0.2) is 28.5 Å². The number of amides is 1. The van der Waals surface area contributed by atoms with Crippen molar-refractivity contribution in [3.63, 3.8) is 0 Å². The van der Waals surface area contributed by atoms with Gasteiger partial charge < -0.3 is 0 Å². The number of carbonyl (C=O) groups excluding carboxylic acids is 1. The maximum Gasteiger partial charge on any atom is 0.257 e. The molecule has 0 radical (unpaired) electrons. The van der Waals surface area contributed by atoms with E-state index >= 15 is 0 Å². The predicted molar refractivity (Wildman–Crippen MR) is 84.9 cm³/mol. The summed E-state index contributed by atoms with van der Waals surface area (Å²) in [7, 11) is -3.79. The zero-order chi connectivity index (χ0) is 16.3. The van der Waals surface area contributed by atoms with Gasteiger partial charge in [-0.2, -0.15) is 0 Å². The number of aromatic nitrogens is 1. The number of hydrogen-bond donors (Lipinski definition) is 2. The van der Waals surface area contributed by atoms with Gasteiger partial charge >= 0.3 is 0 Å². The second-order valence-corrected chi connectivity index (χ2v) is 7.58. The molecule has 0 aliphatic heterocycles. The SMILES string of the molecule is Cc1ccc(C)c(S(=O)(=O)NNC(=O)Cc2nc(C)cs2)c1. The Hall–Kier alpha value is -1.77. The number of hydrazine groups is 1. The third-order valence-corrected chi connectivity index (χ3v) is 5.29. The molecule has 0 atom stereocenters. The van der Waals surface area contributed by atoms with Crippen LogP contribution in [0.3, 0.4) is 0 Å². The fourth-order valence-electron chi connectivity index (χ4n) is 1.84. The third-order valence-electron chi connectivity index (χ3n) is 2.94. The maximum absolute atomic E-state index is 12.2. The van der Waals surface area contributed by atoms with Gasteiger partial charge in [-0.25, -0.2) is 13.4 Å². The standard InChI is InChI=1S/C14H17N3O3S2/c1-9-4-5-10(2)12(6-9)22(19,20)17-16-13(18)7-14-15-11(3)8-21-14/h4-6,8,17H,7H2,1-3H3,(H,16,18). The summed E-state index contributed by atoms with van der Waals surface area (Å²) in [5.74, 6) is -0.455. The topological polar surface area (TPSA) is 88.2 Å². The largest absolute Gasteiger partial charge is 0.277 e. The molecule has 0 saturated carbocycles. The zero-order valence-electron chi connectivity index (χ0n) is 12.5. The summed E-state index contributed by atoms with van der Waals surface area (Å²) in [6, 6.07) is 5.12. The molecule has 6 nitrogen and oxygen atoms in total. The molecule has 1 amide bonds. The summed E-state index contributed by atoms with van der Waals surface area (Å²) in [6.07, 6.45) is 0.0355. The van der Waals surface area contributed by atoms with Gasteiger partial charge in [0.15, 0.2) is 0 Å². The van der Waals surface area contributed by atoms with Gasteiger partial charge in [0, 0.05) is 11.1 Å². The highest BCUT2D eigenvalue weighted by molar-refractivity contribution is 7.89. The zero-order valence-corrected chi connectivity index (χ0v) is 14.1. The lowest BCUT2D eigenvalue weighted by Gasteiger charge is -2.10. The lowest BCUT2D eigenvalue weighted by atomic mass is 10.2. The summed E-state index contributed by atoms with van der Waals surface area (Å²) in [5, 5.41) is 2.48. The van der Waals surface area contributed by atoms with E-state index in [9.17, 15) is 13.2 Å². The van der Waals surface area contributed by atoms with E-state index in [1.807, 2.05) is 25.3 Å². The molecule has 118 valence electrons. The first-order valence-electron chi connectivity index (χ1n) is 6.57. The number of hydrogen-bond acceptors (Lipinski definition) is 5.